The highest BCUT2D eigenvalue weighted by Crippen LogP contribution is 2.30. The van der Waals surface area contributed by atoms with E-state index in [-0.39, 0.29) is 5.75 Å². The number of nitrogens with zero attached hydrogens (tertiary/aromatic N) is 1. The largest absolute Gasteiger partial charge is 0.508 e. The van der Waals surface area contributed by atoms with Crippen molar-refractivity contribution in [2.24, 2.45) is 0 Å². The van der Waals surface area contributed by atoms with Crippen LogP contribution in [0.25, 0.3) is 10.9 Å². The molecule has 2 aromatic carbocycles. The minimum absolute atomic E-state index is 0.130. The number of aromatic nitrogens is 1. The molecule has 0 saturated carbocycles. The average Bonchev–Trinajstić information content (AvgIpc) is 2.90. The van der Waals surface area contributed by atoms with E-state index < -0.39 is 5.97 Å². The highest BCUT2D eigenvalue weighted by atomic mass is 16.5. The van der Waals surface area contributed by atoms with Crippen LogP contribution in [0.1, 0.15) is 21.6 Å². The molecular weight excluding hydrogens is 318 g/mol. The zero-order chi connectivity index (χ0) is 18.0. The Balaban J connectivity index is 1.97. The van der Waals surface area contributed by atoms with Gasteiger partial charge in [-0.2, -0.15) is 0 Å². The molecule has 1 N–H and O–H groups in total. The number of methoxy groups -OCH3 is 2. The van der Waals surface area contributed by atoms with Crippen LogP contribution in [-0.2, 0) is 17.7 Å². The Morgan fingerprint density at radius 2 is 1.84 bits per heavy atom. The van der Waals surface area contributed by atoms with Gasteiger partial charge in [-0.05, 0) is 49.2 Å². The molecule has 25 heavy (non-hydrogen) atoms. The first-order valence-electron chi connectivity index (χ1n) is 8.08. The first-order valence-corrected chi connectivity index (χ1v) is 8.08. The van der Waals surface area contributed by atoms with Crippen molar-refractivity contribution in [2.75, 3.05) is 14.2 Å². The van der Waals surface area contributed by atoms with Crippen LogP contribution in [-0.4, -0.2) is 29.9 Å². The molecule has 0 radical (unpaired) electrons. The van der Waals surface area contributed by atoms with Crippen molar-refractivity contribution in [1.82, 2.24) is 4.57 Å². The standard InChI is InChI=1S/C20H21NO4/c1-13-19(20(23)25-3)17-12-15(22)6-9-18(17)21(13)11-10-14-4-7-16(24-2)8-5-14/h4-9,12,22H,10-11H2,1-3H3. The highest BCUT2D eigenvalue weighted by Gasteiger charge is 2.20. The molecule has 5 nitrogen and oxygen atoms in total. The van der Waals surface area contributed by atoms with E-state index in [1.165, 1.54) is 12.7 Å². The van der Waals surface area contributed by atoms with E-state index in [9.17, 15) is 9.90 Å². The van der Waals surface area contributed by atoms with E-state index in [1.54, 1.807) is 19.2 Å². The number of aryl methyl sites for hydroxylation is 2. The lowest BCUT2D eigenvalue weighted by Gasteiger charge is -2.09. The highest BCUT2D eigenvalue weighted by molar-refractivity contribution is 6.06. The van der Waals surface area contributed by atoms with Crippen molar-refractivity contribution in [1.29, 1.82) is 0 Å². The smallest absolute Gasteiger partial charge is 0.340 e. The van der Waals surface area contributed by atoms with Gasteiger partial charge < -0.3 is 19.1 Å². The normalized spacial score (nSPS) is 10.8. The second-order valence-corrected chi connectivity index (χ2v) is 5.90. The van der Waals surface area contributed by atoms with E-state index in [0.717, 1.165) is 29.9 Å². The van der Waals surface area contributed by atoms with Gasteiger partial charge in [0, 0.05) is 23.1 Å². The number of ether oxygens (including phenoxy) is 2. The molecule has 130 valence electrons. The van der Waals surface area contributed by atoms with Gasteiger partial charge in [-0.1, -0.05) is 12.1 Å². The van der Waals surface area contributed by atoms with E-state index in [1.807, 2.05) is 37.3 Å². The minimum Gasteiger partial charge on any atom is -0.508 e. The quantitative estimate of drug-likeness (QED) is 0.720. The van der Waals surface area contributed by atoms with Crippen LogP contribution >= 0.6 is 0 Å². The van der Waals surface area contributed by atoms with Gasteiger partial charge in [0.25, 0.3) is 0 Å². The van der Waals surface area contributed by atoms with Gasteiger partial charge in [-0.15, -0.1) is 0 Å². The summed E-state index contributed by atoms with van der Waals surface area (Å²) in [5.74, 6) is 0.566. The lowest BCUT2D eigenvalue weighted by molar-refractivity contribution is 0.0602. The lowest BCUT2D eigenvalue weighted by atomic mass is 10.1. The molecular formula is C20H21NO4. The SMILES string of the molecule is COC(=O)c1c(C)n(CCc2ccc(OC)cc2)c2ccc(O)cc12. The van der Waals surface area contributed by atoms with E-state index in [4.69, 9.17) is 9.47 Å². The lowest BCUT2D eigenvalue weighted by Crippen LogP contribution is -2.07. The predicted molar refractivity (Wildman–Crippen MR) is 96.4 cm³/mol. The summed E-state index contributed by atoms with van der Waals surface area (Å²) in [5.41, 5.74) is 3.42. The van der Waals surface area contributed by atoms with E-state index in [2.05, 4.69) is 4.57 Å². The monoisotopic (exact) mass is 339 g/mol. The molecule has 0 aliphatic rings. The fourth-order valence-corrected chi connectivity index (χ4v) is 3.15. The van der Waals surface area contributed by atoms with Crippen molar-refractivity contribution in [3.63, 3.8) is 0 Å². The molecule has 3 aromatic rings. The third-order valence-electron chi connectivity index (χ3n) is 4.48. The van der Waals surface area contributed by atoms with Crippen LogP contribution in [0.5, 0.6) is 11.5 Å². The molecule has 3 rings (SSSR count). The third kappa shape index (κ3) is 3.18. The number of fused-ring (bicyclic) bond motifs is 1. The summed E-state index contributed by atoms with van der Waals surface area (Å²) >= 11 is 0. The van der Waals surface area contributed by atoms with Crippen LogP contribution in [0, 0.1) is 6.92 Å². The molecule has 1 heterocycles. The zero-order valence-corrected chi connectivity index (χ0v) is 14.6. The van der Waals surface area contributed by atoms with Crippen LogP contribution in [0.3, 0.4) is 0 Å². The van der Waals surface area contributed by atoms with Gasteiger partial charge in [-0.25, -0.2) is 4.79 Å². The first kappa shape index (κ1) is 16.9. The second-order valence-electron chi connectivity index (χ2n) is 5.90. The first-order chi connectivity index (χ1) is 12.0. The molecule has 1 aromatic heterocycles. The molecule has 0 aliphatic heterocycles. The Kier molecular flexibility index (Phi) is 4.65. The number of aromatic hydroxyl groups is 1. The molecule has 0 atom stereocenters. The number of hydrogen-bond donors (Lipinski definition) is 1. The minimum atomic E-state index is -0.392. The Labute approximate surface area is 146 Å². The number of phenols is 1. The molecule has 0 unspecified atom stereocenters. The Morgan fingerprint density at radius 1 is 1.12 bits per heavy atom. The number of hydrogen-bond acceptors (Lipinski definition) is 4. The Bertz CT molecular complexity index is 910. The summed E-state index contributed by atoms with van der Waals surface area (Å²) in [5, 5.41) is 10.5. The fourth-order valence-electron chi connectivity index (χ4n) is 3.15. The van der Waals surface area contributed by atoms with Crippen molar-refractivity contribution < 1.29 is 19.4 Å². The second kappa shape index (κ2) is 6.89. The molecule has 5 heteroatoms. The van der Waals surface area contributed by atoms with Crippen LogP contribution in [0.2, 0.25) is 0 Å². The fraction of sp³-hybridized carbons (Fsp3) is 0.250. The number of phenolic OH excluding ortho intramolecular Hbond substituents is 1. The maximum atomic E-state index is 12.2. The molecule has 0 amide bonds. The Morgan fingerprint density at radius 3 is 2.48 bits per heavy atom. The molecule has 0 saturated heterocycles. The Hall–Kier alpha value is -2.95. The molecule has 0 fully saturated rings. The maximum Gasteiger partial charge on any atom is 0.340 e. The summed E-state index contributed by atoms with van der Waals surface area (Å²) in [6, 6.07) is 13.0. The van der Waals surface area contributed by atoms with Crippen molar-refractivity contribution >= 4 is 16.9 Å². The summed E-state index contributed by atoms with van der Waals surface area (Å²) in [6.45, 7) is 2.62. The topological polar surface area (TPSA) is 60.7 Å². The van der Waals surface area contributed by atoms with Crippen LogP contribution in [0.15, 0.2) is 42.5 Å². The number of carbonyl (C=O) groups is 1. The molecule has 0 spiro atoms. The van der Waals surface area contributed by atoms with Gasteiger partial charge in [0.1, 0.15) is 11.5 Å². The van der Waals surface area contributed by atoms with Crippen LogP contribution in [0.4, 0.5) is 0 Å². The number of carbonyl (C=O) groups excluding carboxylic acids is 1. The van der Waals surface area contributed by atoms with E-state index >= 15 is 0 Å². The predicted octanol–water partition coefficient (Wildman–Crippen LogP) is 3.69. The average molecular weight is 339 g/mol. The summed E-state index contributed by atoms with van der Waals surface area (Å²) in [4.78, 5) is 12.2. The van der Waals surface area contributed by atoms with Crippen molar-refractivity contribution in [3.05, 3.63) is 59.3 Å². The van der Waals surface area contributed by atoms with Crippen molar-refractivity contribution in [2.45, 2.75) is 19.9 Å². The maximum absolute atomic E-state index is 12.2. The third-order valence-corrected chi connectivity index (χ3v) is 4.48. The number of rotatable bonds is 5. The van der Waals surface area contributed by atoms with Gasteiger partial charge in [0.15, 0.2) is 0 Å². The summed E-state index contributed by atoms with van der Waals surface area (Å²) in [6.07, 6.45) is 0.816. The van der Waals surface area contributed by atoms with Gasteiger partial charge in [-0.3, -0.25) is 0 Å². The number of benzene rings is 2. The van der Waals surface area contributed by atoms with Crippen LogP contribution < -0.4 is 4.74 Å². The molecule has 0 bridgehead atoms. The summed E-state index contributed by atoms with van der Waals surface area (Å²) < 4.78 is 12.2. The zero-order valence-electron chi connectivity index (χ0n) is 14.6. The van der Waals surface area contributed by atoms with E-state index in [0.29, 0.717) is 10.9 Å². The van der Waals surface area contributed by atoms with Crippen molar-refractivity contribution in [3.8, 4) is 11.5 Å². The van der Waals surface area contributed by atoms with Gasteiger partial charge in [0.2, 0.25) is 0 Å². The van der Waals surface area contributed by atoms with Gasteiger partial charge in [0.05, 0.1) is 19.8 Å². The summed E-state index contributed by atoms with van der Waals surface area (Å²) in [7, 11) is 3.01. The molecule has 0 aliphatic carbocycles. The van der Waals surface area contributed by atoms with Gasteiger partial charge >= 0.3 is 5.97 Å². The number of esters is 1.